The standard InChI is InChI=1S/C9H9ClN6O2S2/c10-7-8(16-5-6-19-9(16)13-7)20(17,18)12-2-4-15-3-1-11-14-15/h1,3,5-6,12H,2,4H2. The second-order valence-electron chi connectivity index (χ2n) is 3.83. The molecule has 0 aliphatic rings. The van der Waals surface area contributed by atoms with Crippen LogP contribution in [0.3, 0.4) is 0 Å². The molecule has 3 aromatic heterocycles. The smallest absolute Gasteiger partial charge is 0.259 e. The first-order valence-electron chi connectivity index (χ1n) is 5.53. The van der Waals surface area contributed by atoms with E-state index in [-0.39, 0.29) is 16.7 Å². The lowest BCUT2D eigenvalue weighted by atomic mass is 10.6. The molecule has 0 aromatic carbocycles. The van der Waals surface area contributed by atoms with E-state index in [1.807, 2.05) is 0 Å². The lowest BCUT2D eigenvalue weighted by molar-refractivity contribution is 0.550. The molecule has 0 fully saturated rings. The number of nitrogens with zero attached hydrogens (tertiary/aromatic N) is 5. The largest absolute Gasteiger partial charge is 0.279 e. The molecule has 0 spiro atoms. The maximum Gasteiger partial charge on any atom is 0.259 e. The van der Waals surface area contributed by atoms with Crippen molar-refractivity contribution >= 4 is 37.9 Å². The fourth-order valence-corrected chi connectivity index (χ4v) is 4.16. The minimum absolute atomic E-state index is 0.0369. The van der Waals surface area contributed by atoms with Crippen LogP contribution in [-0.4, -0.2) is 39.3 Å². The van der Waals surface area contributed by atoms with Crippen LogP contribution in [0.4, 0.5) is 0 Å². The maximum atomic E-state index is 12.3. The predicted molar refractivity (Wildman–Crippen MR) is 73.3 cm³/mol. The number of imidazole rings is 1. The molecule has 0 radical (unpaired) electrons. The molecule has 0 unspecified atom stereocenters. The number of rotatable bonds is 5. The fourth-order valence-electron chi connectivity index (χ4n) is 1.69. The molecule has 3 heterocycles. The third-order valence-corrected chi connectivity index (χ3v) is 5.15. The number of nitrogens with one attached hydrogen (secondary N) is 1. The second-order valence-corrected chi connectivity index (χ2v) is 6.74. The van der Waals surface area contributed by atoms with Crippen LogP contribution in [0.25, 0.3) is 4.96 Å². The summed E-state index contributed by atoms with van der Waals surface area (Å²) in [6.45, 7) is 0.557. The molecule has 0 atom stereocenters. The van der Waals surface area contributed by atoms with Crippen LogP contribution in [0.5, 0.6) is 0 Å². The monoisotopic (exact) mass is 332 g/mol. The van der Waals surface area contributed by atoms with Gasteiger partial charge in [0.25, 0.3) is 10.0 Å². The van der Waals surface area contributed by atoms with Gasteiger partial charge >= 0.3 is 0 Å². The van der Waals surface area contributed by atoms with E-state index in [2.05, 4.69) is 20.0 Å². The van der Waals surface area contributed by atoms with E-state index in [1.54, 1.807) is 17.8 Å². The van der Waals surface area contributed by atoms with Crippen LogP contribution in [0, 0.1) is 0 Å². The first kappa shape index (κ1) is 13.5. The molecular formula is C9H9ClN6O2S2. The van der Waals surface area contributed by atoms with Crippen molar-refractivity contribution in [2.45, 2.75) is 11.6 Å². The lowest BCUT2D eigenvalue weighted by Gasteiger charge is -2.05. The Kier molecular flexibility index (Phi) is 3.46. The Hall–Kier alpha value is -1.49. The van der Waals surface area contributed by atoms with Crippen LogP contribution in [0.2, 0.25) is 5.15 Å². The Bertz CT molecular complexity index is 822. The van der Waals surface area contributed by atoms with Crippen LogP contribution in [0.15, 0.2) is 29.0 Å². The molecule has 3 aromatic rings. The minimum atomic E-state index is -3.73. The number of sulfonamides is 1. The highest BCUT2D eigenvalue weighted by Crippen LogP contribution is 2.24. The van der Waals surface area contributed by atoms with Gasteiger partial charge in [0.2, 0.25) is 0 Å². The molecule has 0 saturated heterocycles. The zero-order valence-corrected chi connectivity index (χ0v) is 12.4. The van der Waals surface area contributed by atoms with Crippen molar-refractivity contribution in [1.82, 2.24) is 29.1 Å². The van der Waals surface area contributed by atoms with Crippen LogP contribution in [0.1, 0.15) is 0 Å². The van der Waals surface area contributed by atoms with Crippen molar-refractivity contribution in [2.24, 2.45) is 0 Å². The number of hydrogen-bond donors (Lipinski definition) is 1. The van der Waals surface area contributed by atoms with E-state index in [0.717, 1.165) is 0 Å². The zero-order valence-electron chi connectivity index (χ0n) is 9.97. The van der Waals surface area contributed by atoms with Gasteiger partial charge in [-0.2, -0.15) is 0 Å². The normalized spacial score (nSPS) is 12.2. The van der Waals surface area contributed by atoms with Gasteiger partial charge in [-0.25, -0.2) is 18.1 Å². The highest BCUT2D eigenvalue weighted by Gasteiger charge is 2.24. The number of halogens is 1. The molecule has 0 amide bonds. The van der Waals surface area contributed by atoms with Crippen LogP contribution < -0.4 is 4.72 Å². The third-order valence-electron chi connectivity index (χ3n) is 2.54. The third kappa shape index (κ3) is 2.42. The summed E-state index contributed by atoms with van der Waals surface area (Å²) in [7, 11) is -3.73. The van der Waals surface area contributed by atoms with Crippen molar-refractivity contribution in [3.8, 4) is 0 Å². The van der Waals surface area contributed by atoms with E-state index < -0.39 is 10.0 Å². The molecule has 106 valence electrons. The number of hydrogen-bond acceptors (Lipinski definition) is 6. The van der Waals surface area contributed by atoms with E-state index in [4.69, 9.17) is 11.6 Å². The van der Waals surface area contributed by atoms with Gasteiger partial charge in [-0.3, -0.25) is 9.08 Å². The molecule has 0 aliphatic heterocycles. The average Bonchev–Trinajstić information content (AvgIpc) is 3.04. The van der Waals surface area contributed by atoms with E-state index in [0.29, 0.717) is 11.5 Å². The highest BCUT2D eigenvalue weighted by molar-refractivity contribution is 7.89. The topological polar surface area (TPSA) is 94.2 Å². The first-order chi connectivity index (χ1) is 9.58. The Balaban J connectivity index is 1.81. The first-order valence-corrected chi connectivity index (χ1v) is 8.27. The molecule has 3 rings (SSSR count). The molecule has 11 heteroatoms. The highest BCUT2D eigenvalue weighted by atomic mass is 35.5. The number of thiazole rings is 1. The lowest BCUT2D eigenvalue weighted by Crippen LogP contribution is -2.28. The maximum absolute atomic E-state index is 12.3. The summed E-state index contributed by atoms with van der Waals surface area (Å²) in [6, 6.07) is 0. The van der Waals surface area contributed by atoms with Crippen molar-refractivity contribution < 1.29 is 8.42 Å². The summed E-state index contributed by atoms with van der Waals surface area (Å²) in [5.41, 5.74) is 0. The van der Waals surface area contributed by atoms with Gasteiger partial charge in [-0.15, -0.1) is 16.4 Å². The minimum Gasteiger partial charge on any atom is -0.279 e. The van der Waals surface area contributed by atoms with E-state index in [1.165, 1.54) is 26.6 Å². The van der Waals surface area contributed by atoms with Gasteiger partial charge in [0.05, 0.1) is 12.7 Å². The van der Waals surface area contributed by atoms with Crippen molar-refractivity contribution in [3.05, 3.63) is 29.1 Å². The van der Waals surface area contributed by atoms with Gasteiger partial charge in [0, 0.05) is 24.3 Å². The van der Waals surface area contributed by atoms with E-state index in [9.17, 15) is 8.42 Å². The molecule has 8 nitrogen and oxygen atoms in total. The number of aromatic nitrogens is 5. The van der Waals surface area contributed by atoms with Gasteiger partial charge in [-0.1, -0.05) is 16.8 Å². The Morgan fingerprint density at radius 2 is 2.25 bits per heavy atom. The molecule has 1 N–H and O–H groups in total. The fraction of sp³-hybridized carbons (Fsp3) is 0.222. The van der Waals surface area contributed by atoms with Gasteiger partial charge in [0.15, 0.2) is 15.1 Å². The second kappa shape index (κ2) is 5.13. The van der Waals surface area contributed by atoms with Crippen molar-refractivity contribution in [1.29, 1.82) is 0 Å². The SMILES string of the molecule is O=S(=O)(NCCn1ccnn1)c1c(Cl)nc2sccn12. The average molecular weight is 333 g/mol. The zero-order chi connectivity index (χ0) is 14.2. The van der Waals surface area contributed by atoms with Gasteiger partial charge in [-0.05, 0) is 0 Å². The van der Waals surface area contributed by atoms with Crippen LogP contribution >= 0.6 is 22.9 Å². The van der Waals surface area contributed by atoms with Gasteiger partial charge in [0.1, 0.15) is 0 Å². The number of fused-ring (bicyclic) bond motifs is 1. The molecule has 0 aliphatic carbocycles. The Morgan fingerprint density at radius 3 is 3.00 bits per heavy atom. The summed E-state index contributed by atoms with van der Waals surface area (Å²) in [6.07, 6.45) is 4.79. The van der Waals surface area contributed by atoms with E-state index >= 15 is 0 Å². The summed E-state index contributed by atoms with van der Waals surface area (Å²) >= 11 is 7.21. The van der Waals surface area contributed by atoms with Crippen LogP contribution in [-0.2, 0) is 16.6 Å². The predicted octanol–water partition coefficient (Wildman–Crippen LogP) is 0.619. The molecule has 0 saturated carbocycles. The molecular weight excluding hydrogens is 324 g/mol. The molecule has 20 heavy (non-hydrogen) atoms. The summed E-state index contributed by atoms with van der Waals surface area (Å²) in [5, 5.41) is 9.04. The van der Waals surface area contributed by atoms with Crippen molar-refractivity contribution in [3.63, 3.8) is 0 Å². The van der Waals surface area contributed by atoms with Gasteiger partial charge < -0.3 is 0 Å². The molecule has 0 bridgehead atoms. The quantitative estimate of drug-likeness (QED) is 0.739. The summed E-state index contributed by atoms with van der Waals surface area (Å²) in [4.78, 5) is 4.53. The summed E-state index contributed by atoms with van der Waals surface area (Å²) < 4.78 is 30.0. The summed E-state index contributed by atoms with van der Waals surface area (Å²) in [5.74, 6) is 0. The Morgan fingerprint density at radius 1 is 1.40 bits per heavy atom. The van der Waals surface area contributed by atoms with Crippen molar-refractivity contribution in [2.75, 3.05) is 6.54 Å². The Labute approximate surface area is 123 Å².